The molecule has 2 heterocycles. The maximum absolute atomic E-state index is 4.58. The molecule has 6 nitrogen and oxygen atoms in total. The Bertz CT molecular complexity index is 599. The SMILES string of the molecule is CCNc1nc(NCC2(CC)CCCC2)c2[nH]cnc2n1. The standard InChI is InChI=1S/C15H24N6/c1-3-15(7-5-6-8-15)9-17-12-11-13(19-10-18-11)21-14(20-12)16-4-2/h10H,3-9H2,1-2H3,(H3,16,17,18,19,20,21). The fourth-order valence-corrected chi connectivity index (χ4v) is 3.25. The van der Waals surface area contributed by atoms with E-state index < -0.39 is 0 Å². The molecule has 0 atom stereocenters. The van der Waals surface area contributed by atoms with Crippen molar-refractivity contribution >= 4 is 22.9 Å². The number of anilines is 2. The van der Waals surface area contributed by atoms with Crippen LogP contribution in [0.3, 0.4) is 0 Å². The molecule has 6 heteroatoms. The number of aromatic nitrogens is 4. The second kappa shape index (κ2) is 5.87. The Morgan fingerprint density at radius 3 is 2.71 bits per heavy atom. The number of nitrogens with one attached hydrogen (secondary N) is 3. The van der Waals surface area contributed by atoms with Crippen molar-refractivity contribution in [2.75, 3.05) is 23.7 Å². The molecule has 0 amide bonds. The summed E-state index contributed by atoms with van der Waals surface area (Å²) in [6, 6.07) is 0. The number of imidazole rings is 1. The summed E-state index contributed by atoms with van der Waals surface area (Å²) < 4.78 is 0. The van der Waals surface area contributed by atoms with Gasteiger partial charge < -0.3 is 15.6 Å². The lowest BCUT2D eigenvalue weighted by molar-refractivity contribution is 0.306. The molecule has 1 aliphatic rings. The van der Waals surface area contributed by atoms with Gasteiger partial charge in [0.1, 0.15) is 5.52 Å². The van der Waals surface area contributed by atoms with Crippen molar-refractivity contribution in [2.24, 2.45) is 5.41 Å². The van der Waals surface area contributed by atoms with Crippen LogP contribution in [-0.2, 0) is 0 Å². The highest BCUT2D eigenvalue weighted by molar-refractivity contribution is 5.83. The summed E-state index contributed by atoms with van der Waals surface area (Å²) in [5.41, 5.74) is 2.02. The Morgan fingerprint density at radius 1 is 1.19 bits per heavy atom. The zero-order valence-corrected chi connectivity index (χ0v) is 12.9. The van der Waals surface area contributed by atoms with Gasteiger partial charge in [0, 0.05) is 13.1 Å². The quantitative estimate of drug-likeness (QED) is 0.761. The van der Waals surface area contributed by atoms with Crippen LogP contribution in [0.4, 0.5) is 11.8 Å². The average molecular weight is 288 g/mol. The third kappa shape index (κ3) is 2.80. The summed E-state index contributed by atoms with van der Waals surface area (Å²) in [5, 5.41) is 6.71. The molecule has 0 radical (unpaired) electrons. The molecule has 0 unspecified atom stereocenters. The molecule has 1 saturated carbocycles. The highest BCUT2D eigenvalue weighted by Gasteiger charge is 2.32. The number of hydrogen-bond donors (Lipinski definition) is 3. The number of H-pyrrole nitrogens is 1. The molecule has 2 aromatic heterocycles. The molecule has 0 bridgehead atoms. The van der Waals surface area contributed by atoms with Crippen LogP contribution >= 0.6 is 0 Å². The molecule has 21 heavy (non-hydrogen) atoms. The Labute approximate surface area is 125 Å². The maximum atomic E-state index is 4.58. The molecule has 1 aliphatic carbocycles. The van der Waals surface area contributed by atoms with Gasteiger partial charge >= 0.3 is 0 Å². The van der Waals surface area contributed by atoms with E-state index in [2.05, 4.69) is 37.5 Å². The second-order valence-corrected chi connectivity index (χ2v) is 5.94. The number of aromatic amines is 1. The molecule has 2 aromatic rings. The van der Waals surface area contributed by atoms with Gasteiger partial charge in [-0.25, -0.2) is 4.98 Å². The van der Waals surface area contributed by atoms with Gasteiger partial charge in [0.05, 0.1) is 6.33 Å². The van der Waals surface area contributed by atoms with Gasteiger partial charge in [0.2, 0.25) is 5.95 Å². The fourth-order valence-electron chi connectivity index (χ4n) is 3.25. The van der Waals surface area contributed by atoms with Crippen molar-refractivity contribution in [1.29, 1.82) is 0 Å². The monoisotopic (exact) mass is 288 g/mol. The molecule has 3 N–H and O–H groups in total. The summed E-state index contributed by atoms with van der Waals surface area (Å²) in [4.78, 5) is 16.4. The van der Waals surface area contributed by atoms with Crippen molar-refractivity contribution in [2.45, 2.75) is 46.0 Å². The van der Waals surface area contributed by atoms with E-state index in [1.54, 1.807) is 6.33 Å². The minimum absolute atomic E-state index is 0.426. The van der Waals surface area contributed by atoms with Crippen LogP contribution in [0.15, 0.2) is 6.33 Å². The van der Waals surface area contributed by atoms with Gasteiger partial charge in [-0.2, -0.15) is 9.97 Å². The molecule has 1 fully saturated rings. The molecular weight excluding hydrogens is 264 g/mol. The summed E-state index contributed by atoms with van der Waals surface area (Å²) in [5.74, 6) is 1.49. The lowest BCUT2D eigenvalue weighted by Crippen LogP contribution is -2.26. The summed E-state index contributed by atoms with van der Waals surface area (Å²) in [7, 11) is 0. The summed E-state index contributed by atoms with van der Waals surface area (Å²) in [6.45, 7) is 6.10. The van der Waals surface area contributed by atoms with Crippen molar-refractivity contribution in [3.05, 3.63) is 6.33 Å². The zero-order valence-electron chi connectivity index (χ0n) is 12.9. The first kappa shape index (κ1) is 14.1. The third-order valence-corrected chi connectivity index (χ3v) is 4.67. The first-order valence-electron chi connectivity index (χ1n) is 7.95. The Kier molecular flexibility index (Phi) is 3.94. The van der Waals surface area contributed by atoms with Gasteiger partial charge in [-0.15, -0.1) is 0 Å². The third-order valence-electron chi connectivity index (χ3n) is 4.67. The van der Waals surface area contributed by atoms with Gasteiger partial charge in [-0.3, -0.25) is 0 Å². The van der Waals surface area contributed by atoms with Gasteiger partial charge in [-0.05, 0) is 31.6 Å². The highest BCUT2D eigenvalue weighted by Crippen LogP contribution is 2.41. The van der Waals surface area contributed by atoms with E-state index in [9.17, 15) is 0 Å². The van der Waals surface area contributed by atoms with E-state index in [0.29, 0.717) is 17.0 Å². The van der Waals surface area contributed by atoms with Crippen LogP contribution in [0.1, 0.15) is 46.0 Å². The molecule has 0 saturated heterocycles. The number of hydrogen-bond acceptors (Lipinski definition) is 5. The minimum atomic E-state index is 0.426. The van der Waals surface area contributed by atoms with E-state index >= 15 is 0 Å². The van der Waals surface area contributed by atoms with Crippen LogP contribution in [0.5, 0.6) is 0 Å². The van der Waals surface area contributed by atoms with Crippen LogP contribution < -0.4 is 10.6 Å². The van der Waals surface area contributed by atoms with Crippen molar-refractivity contribution in [3.63, 3.8) is 0 Å². The predicted molar refractivity (Wildman–Crippen MR) is 85.5 cm³/mol. The van der Waals surface area contributed by atoms with Crippen LogP contribution in [0, 0.1) is 5.41 Å². The van der Waals surface area contributed by atoms with Crippen LogP contribution in [0.25, 0.3) is 11.2 Å². The normalized spacial score (nSPS) is 17.2. The molecule has 0 aliphatic heterocycles. The zero-order chi connectivity index (χ0) is 14.7. The van der Waals surface area contributed by atoms with E-state index in [0.717, 1.165) is 24.4 Å². The van der Waals surface area contributed by atoms with Gasteiger partial charge in [0.15, 0.2) is 11.5 Å². The van der Waals surface area contributed by atoms with E-state index in [1.807, 2.05) is 6.92 Å². The van der Waals surface area contributed by atoms with E-state index in [4.69, 9.17) is 0 Å². The van der Waals surface area contributed by atoms with Crippen LogP contribution in [-0.4, -0.2) is 33.0 Å². The fraction of sp³-hybridized carbons (Fsp3) is 0.667. The van der Waals surface area contributed by atoms with E-state index in [-0.39, 0.29) is 0 Å². The summed E-state index contributed by atoms with van der Waals surface area (Å²) >= 11 is 0. The average Bonchev–Trinajstić information content (AvgIpc) is 3.15. The first-order valence-corrected chi connectivity index (χ1v) is 7.95. The number of nitrogens with zero attached hydrogens (tertiary/aromatic N) is 3. The Balaban J connectivity index is 1.83. The lowest BCUT2D eigenvalue weighted by atomic mass is 9.83. The molecule has 0 spiro atoms. The smallest absolute Gasteiger partial charge is 0.226 e. The predicted octanol–water partition coefficient (Wildman–Crippen LogP) is 3.17. The van der Waals surface area contributed by atoms with Gasteiger partial charge in [-0.1, -0.05) is 19.8 Å². The topological polar surface area (TPSA) is 78.5 Å². The summed E-state index contributed by atoms with van der Waals surface area (Å²) in [6.07, 6.45) is 8.22. The Hall–Kier alpha value is -1.85. The van der Waals surface area contributed by atoms with E-state index in [1.165, 1.54) is 32.1 Å². The lowest BCUT2D eigenvalue weighted by Gasteiger charge is -2.28. The van der Waals surface area contributed by atoms with Crippen molar-refractivity contribution in [3.8, 4) is 0 Å². The number of rotatable bonds is 6. The van der Waals surface area contributed by atoms with Crippen molar-refractivity contribution in [1.82, 2.24) is 19.9 Å². The molecule has 0 aromatic carbocycles. The molecule has 114 valence electrons. The maximum Gasteiger partial charge on any atom is 0.226 e. The van der Waals surface area contributed by atoms with Crippen LogP contribution in [0.2, 0.25) is 0 Å². The first-order chi connectivity index (χ1) is 10.3. The second-order valence-electron chi connectivity index (χ2n) is 5.94. The van der Waals surface area contributed by atoms with Crippen molar-refractivity contribution < 1.29 is 0 Å². The minimum Gasteiger partial charge on any atom is -0.368 e. The number of fused-ring (bicyclic) bond motifs is 1. The van der Waals surface area contributed by atoms with Gasteiger partial charge in [0.25, 0.3) is 0 Å². The highest BCUT2D eigenvalue weighted by atomic mass is 15.2. The molecule has 3 rings (SSSR count). The Morgan fingerprint density at radius 2 is 2.00 bits per heavy atom. The molecular formula is C15H24N6. The largest absolute Gasteiger partial charge is 0.368 e.